The molecule has 2 aliphatic heterocycles. The summed E-state index contributed by atoms with van der Waals surface area (Å²) in [5, 5.41) is 0. The van der Waals surface area contributed by atoms with Gasteiger partial charge in [0.05, 0.1) is 25.9 Å². The first-order chi connectivity index (χ1) is 15.7. The molecule has 1 aliphatic carbocycles. The number of rotatable bonds is 9. The van der Waals surface area contributed by atoms with Crippen molar-refractivity contribution >= 4 is 5.78 Å². The Bertz CT molecular complexity index is 843. The molecular formula is C27H36N2O3. The molecule has 0 saturated carbocycles. The van der Waals surface area contributed by atoms with Crippen molar-refractivity contribution in [2.24, 2.45) is 0 Å². The molecule has 1 aromatic rings. The minimum atomic E-state index is 0.0435. The second kappa shape index (κ2) is 11.6. The van der Waals surface area contributed by atoms with Gasteiger partial charge >= 0.3 is 0 Å². The first kappa shape index (κ1) is 23.0. The molecule has 2 fully saturated rings. The third kappa shape index (κ3) is 6.64. The van der Waals surface area contributed by atoms with Crippen LogP contribution in [0.4, 0.5) is 0 Å². The number of likely N-dealkylation sites (tertiary alicyclic amines) is 1. The zero-order chi connectivity index (χ0) is 22.2. The van der Waals surface area contributed by atoms with Gasteiger partial charge < -0.3 is 14.4 Å². The highest BCUT2D eigenvalue weighted by molar-refractivity contribution is 5.97. The summed E-state index contributed by atoms with van der Waals surface area (Å²) in [6.45, 7) is 7.96. The minimum Gasteiger partial charge on any atom is -0.494 e. The zero-order valence-corrected chi connectivity index (χ0v) is 19.2. The molecule has 2 atom stereocenters. The number of carbonyl (C=O) groups is 1. The molecule has 5 nitrogen and oxygen atoms in total. The van der Waals surface area contributed by atoms with E-state index in [1.165, 1.54) is 25.0 Å². The van der Waals surface area contributed by atoms with Crippen LogP contribution in [0.2, 0.25) is 0 Å². The predicted octanol–water partition coefficient (Wildman–Crippen LogP) is 4.27. The first-order valence-corrected chi connectivity index (χ1v) is 12.1. The normalized spacial score (nSPS) is 25.5. The van der Waals surface area contributed by atoms with E-state index in [-0.39, 0.29) is 11.9 Å². The molecule has 172 valence electrons. The number of nitrogens with zero attached hydrogens (tertiary/aromatic N) is 2. The standard InChI is InChI=1S/C27H36N2O3/c1-22-7-5-14-29(22)15-6-17-31-25-12-10-24(11-13-25)27(30)21-28-16-18-32-26(20-28)19-23-8-3-2-4-9-23/h2-4,8,10-13,19,22,26H,5-7,9,14-18,20-21H2,1H3. The van der Waals surface area contributed by atoms with Gasteiger partial charge in [-0.15, -0.1) is 0 Å². The van der Waals surface area contributed by atoms with Crippen molar-refractivity contribution in [1.82, 2.24) is 9.80 Å². The maximum atomic E-state index is 12.8. The number of ketones is 1. The van der Waals surface area contributed by atoms with E-state index < -0.39 is 0 Å². The molecule has 0 radical (unpaired) electrons. The largest absolute Gasteiger partial charge is 0.494 e. The number of ether oxygens (including phenoxy) is 2. The van der Waals surface area contributed by atoms with Crippen LogP contribution >= 0.6 is 0 Å². The summed E-state index contributed by atoms with van der Waals surface area (Å²) >= 11 is 0. The van der Waals surface area contributed by atoms with E-state index in [0.29, 0.717) is 25.8 Å². The van der Waals surface area contributed by atoms with Crippen molar-refractivity contribution in [3.05, 3.63) is 65.8 Å². The molecular weight excluding hydrogens is 400 g/mol. The van der Waals surface area contributed by atoms with Gasteiger partial charge in [-0.1, -0.05) is 30.4 Å². The van der Waals surface area contributed by atoms with Crippen molar-refractivity contribution in [3.63, 3.8) is 0 Å². The summed E-state index contributed by atoms with van der Waals surface area (Å²) in [5.74, 6) is 0.983. The van der Waals surface area contributed by atoms with Crippen LogP contribution in [0.5, 0.6) is 5.75 Å². The fourth-order valence-corrected chi connectivity index (χ4v) is 4.68. The van der Waals surface area contributed by atoms with Gasteiger partial charge in [-0.05, 0) is 69.0 Å². The van der Waals surface area contributed by atoms with Crippen LogP contribution in [0.15, 0.2) is 60.2 Å². The molecule has 32 heavy (non-hydrogen) atoms. The second-order valence-electron chi connectivity index (χ2n) is 9.05. The summed E-state index contributed by atoms with van der Waals surface area (Å²) < 4.78 is 11.8. The van der Waals surface area contributed by atoms with Crippen LogP contribution in [0, 0.1) is 0 Å². The Kier molecular flexibility index (Phi) is 8.32. The fraction of sp³-hybridized carbons (Fsp3) is 0.519. The number of hydrogen-bond acceptors (Lipinski definition) is 5. The fourth-order valence-electron chi connectivity index (χ4n) is 4.68. The van der Waals surface area contributed by atoms with Gasteiger partial charge in [0.2, 0.25) is 0 Å². The van der Waals surface area contributed by atoms with Crippen molar-refractivity contribution in [1.29, 1.82) is 0 Å². The Morgan fingerprint density at radius 3 is 2.84 bits per heavy atom. The van der Waals surface area contributed by atoms with Crippen LogP contribution in [0.3, 0.4) is 0 Å². The maximum absolute atomic E-state index is 12.8. The van der Waals surface area contributed by atoms with Gasteiger partial charge in [0.15, 0.2) is 5.78 Å². The molecule has 5 heteroatoms. The third-order valence-corrected chi connectivity index (χ3v) is 6.58. The van der Waals surface area contributed by atoms with Gasteiger partial charge in [0.25, 0.3) is 0 Å². The Balaban J connectivity index is 1.20. The SMILES string of the molecule is CC1CCCN1CCCOc1ccc(C(=O)CN2CCOC(C=C3C=CC=CC3)C2)cc1. The highest BCUT2D eigenvalue weighted by Gasteiger charge is 2.22. The maximum Gasteiger partial charge on any atom is 0.176 e. The van der Waals surface area contributed by atoms with Gasteiger partial charge in [-0.3, -0.25) is 9.69 Å². The van der Waals surface area contributed by atoms with Crippen LogP contribution in [0.25, 0.3) is 0 Å². The quantitative estimate of drug-likeness (QED) is 0.427. The molecule has 4 rings (SSSR count). The number of Topliss-reactive ketones (excluding diaryl/α,β-unsaturated/α-hetero) is 1. The van der Waals surface area contributed by atoms with Crippen molar-refractivity contribution in [2.75, 3.05) is 45.9 Å². The summed E-state index contributed by atoms with van der Waals surface area (Å²) in [6.07, 6.45) is 15.2. The van der Waals surface area contributed by atoms with Gasteiger partial charge in [-0.2, -0.15) is 0 Å². The Hall–Kier alpha value is -2.21. The topological polar surface area (TPSA) is 42.0 Å². The number of hydrogen-bond donors (Lipinski definition) is 0. The lowest BCUT2D eigenvalue weighted by Gasteiger charge is -2.31. The average molecular weight is 437 g/mol. The van der Waals surface area contributed by atoms with E-state index in [4.69, 9.17) is 9.47 Å². The number of allylic oxidation sites excluding steroid dienone is 5. The van der Waals surface area contributed by atoms with E-state index in [0.717, 1.165) is 43.8 Å². The molecule has 0 bridgehead atoms. The summed E-state index contributed by atoms with van der Waals surface area (Å²) in [5.41, 5.74) is 2.01. The Morgan fingerprint density at radius 2 is 2.09 bits per heavy atom. The minimum absolute atomic E-state index is 0.0435. The van der Waals surface area contributed by atoms with Crippen LogP contribution < -0.4 is 4.74 Å². The predicted molar refractivity (Wildman–Crippen MR) is 128 cm³/mol. The highest BCUT2D eigenvalue weighted by atomic mass is 16.5. The molecule has 2 heterocycles. The van der Waals surface area contributed by atoms with Crippen LogP contribution in [0.1, 0.15) is 43.0 Å². The zero-order valence-electron chi connectivity index (χ0n) is 19.2. The monoisotopic (exact) mass is 436 g/mol. The third-order valence-electron chi connectivity index (χ3n) is 6.58. The molecule has 3 aliphatic rings. The molecule has 1 aromatic carbocycles. The van der Waals surface area contributed by atoms with E-state index >= 15 is 0 Å². The van der Waals surface area contributed by atoms with Gasteiger partial charge in [0, 0.05) is 31.2 Å². The Morgan fingerprint density at radius 1 is 1.22 bits per heavy atom. The highest BCUT2D eigenvalue weighted by Crippen LogP contribution is 2.18. The molecule has 0 amide bonds. The lowest BCUT2D eigenvalue weighted by Crippen LogP contribution is -2.44. The lowest BCUT2D eigenvalue weighted by molar-refractivity contribution is -0.00160. The first-order valence-electron chi connectivity index (χ1n) is 12.1. The number of morpholine rings is 1. The second-order valence-corrected chi connectivity index (χ2v) is 9.05. The van der Waals surface area contributed by atoms with E-state index in [1.54, 1.807) is 0 Å². The number of benzene rings is 1. The van der Waals surface area contributed by atoms with Gasteiger partial charge in [-0.25, -0.2) is 0 Å². The van der Waals surface area contributed by atoms with Crippen molar-refractivity contribution in [3.8, 4) is 5.75 Å². The summed E-state index contributed by atoms with van der Waals surface area (Å²) in [6, 6.07) is 8.32. The summed E-state index contributed by atoms with van der Waals surface area (Å²) in [7, 11) is 0. The average Bonchev–Trinajstić information content (AvgIpc) is 3.22. The molecule has 0 N–H and O–H groups in total. The lowest BCUT2D eigenvalue weighted by atomic mass is 10.0. The van der Waals surface area contributed by atoms with Gasteiger partial charge in [0.1, 0.15) is 5.75 Å². The Labute approximate surface area is 192 Å². The molecule has 0 spiro atoms. The molecule has 2 saturated heterocycles. The van der Waals surface area contributed by atoms with E-state index in [1.807, 2.05) is 24.3 Å². The number of carbonyl (C=O) groups excluding carboxylic acids is 1. The summed E-state index contributed by atoms with van der Waals surface area (Å²) in [4.78, 5) is 17.5. The van der Waals surface area contributed by atoms with E-state index in [2.05, 4.69) is 47.1 Å². The van der Waals surface area contributed by atoms with Crippen LogP contribution in [-0.2, 0) is 4.74 Å². The smallest absolute Gasteiger partial charge is 0.176 e. The van der Waals surface area contributed by atoms with Crippen molar-refractivity contribution in [2.45, 2.75) is 44.8 Å². The molecule has 2 unspecified atom stereocenters. The van der Waals surface area contributed by atoms with E-state index in [9.17, 15) is 4.79 Å². The molecule has 0 aromatic heterocycles. The van der Waals surface area contributed by atoms with Crippen LogP contribution in [-0.4, -0.2) is 73.7 Å². The van der Waals surface area contributed by atoms with Crippen molar-refractivity contribution < 1.29 is 14.3 Å².